The Balaban J connectivity index is 1.09. The number of fused-ring (bicyclic) bond motifs is 7. The molecule has 2 aliphatic carbocycles. The number of phenolic OH excluding ortho intramolecular Hbond substituents is 1. The monoisotopic (exact) mass is 672 g/mol. The first kappa shape index (κ1) is 29.2. The van der Waals surface area contributed by atoms with E-state index in [1.165, 1.54) is 6.07 Å². The summed E-state index contributed by atoms with van der Waals surface area (Å²) in [5.74, 6) is -0.325. The van der Waals surface area contributed by atoms with E-state index < -0.39 is 13.2 Å². The van der Waals surface area contributed by atoms with Gasteiger partial charge in [0.25, 0.3) is 0 Å². The van der Waals surface area contributed by atoms with Gasteiger partial charge >= 0.3 is 7.82 Å². The van der Waals surface area contributed by atoms with E-state index in [0.717, 1.165) is 33.0 Å². The molecule has 4 aromatic rings. The number of halogens is 2. The van der Waals surface area contributed by atoms with Crippen LogP contribution in [0.4, 0.5) is 11.4 Å². The molecule has 0 saturated heterocycles. The number of aromatic amines is 2. The van der Waals surface area contributed by atoms with Crippen molar-refractivity contribution >= 4 is 76.0 Å². The summed E-state index contributed by atoms with van der Waals surface area (Å²) in [4.78, 5) is 57.0. The number of benzene rings is 2. The Bertz CT molecular complexity index is 2020. The summed E-state index contributed by atoms with van der Waals surface area (Å²) in [6.45, 7) is 4.57. The molecule has 14 heteroatoms. The largest absolute Gasteiger partial charge is 0.524 e. The Hall–Kier alpha value is -3.21. The number of rotatable bonds is 6. The molecule has 0 spiro atoms. The highest BCUT2D eigenvalue weighted by Crippen LogP contribution is 2.72. The van der Waals surface area contributed by atoms with Gasteiger partial charge in [-0.2, -0.15) is 0 Å². The minimum atomic E-state index is -4.88. The summed E-state index contributed by atoms with van der Waals surface area (Å²) in [5.41, 5.74) is 5.26. The van der Waals surface area contributed by atoms with Gasteiger partial charge in [-0.25, -0.2) is 4.57 Å². The Morgan fingerprint density at radius 1 is 0.956 bits per heavy atom. The number of nitrogens with zero attached hydrogens (tertiary/aromatic N) is 2. The minimum absolute atomic E-state index is 0.0419. The van der Waals surface area contributed by atoms with Crippen molar-refractivity contribution in [3.8, 4) is 11.5 Å². The summed E-state index contributed by atoms with van der Waals surface area (Å²) < 4.78 is 16.9. The molecule has 0 radical (unpaired) electrons. The SMILES string of the molecule is Cc1c[nH]c2c(O)cc3c(c12)C(CCl)CN3C(=O)C12CC(C(=O)N3CC(CCl)c4c3cc(OP(=O)(O)O)c3[nH]cc(C)c43)C1C2. The second-order valence-corrected chi connectivity index (χ2v) is 14.8. The van der Waals surface area contributed by atoms with E-state index in [1.54, 1.807) is 22.1 Å². The molecule has 45 heavy (non-hydrogen) atoms. The van der Waals surface area contributed by atoms with Crippen LogP contribution in [0.15, 0.2) is 24.5 Å². The molecule has 2 saturated carbocycles. The number of aryl methyl sites for hydroxylation is 2. The van der Waals surface area contributed by atoms with Gasteiger partial charge in [0.05, 0.1) is 27.8 Å². The fourth-order valence-electron chi connectivity index (χ4n) is 8.42. The Morgan fingerprint density at radius 3 is 2.13 bits per heavy atom. The molecule has 4 heterocycles. The number of phosphoric ester groups is 1. The summed E-state index contributed by atoms with van der Waals surface area (Å²) in [6, 6.07) is 3.15. The fraction of sp³-hybridized carbons (Fsp3) is 0.419. The Morgan fingerprint density at radius 2 is 1.53 bits per heavy atom. The first-order valence-corrected chi connectivity index (χ1v) is 17.5. The maximum atomic E-state index is 14.2. The molecule has 5 N–H and O–H groups in total. The van der Waals surface area contributed by atoms with Crippen LogP contribution in [0.1, 0.15) is 46.9 Å². The van der Waals surface area contributed by atoms with Gasteiger partial charge in [-0.05, 0) is 54.9 Å². The van der Waals surface area contributed by atoms with Crippen LogP contribution in [0.5, 0.6) is 11.5 Å². The smallest absolute Gasteiger partial charge is 0.506 e. The fourth-order valence-corrected chi connectivity index (χ4v) is 9.33. The molecule has 236 valence electrons. The second kappa shape index (κ2) is 9.65. The molecular formula is C31H31Cl2N4O7P. The van der Waals surface area contributed by atoms with Crippen molar-refractivity contribution in [3.05, 3.63) is 46.8 Å². The van der Waals surface area contributed by atoms with Crippen molar-refractivity contribution in [3.63, 3.8) is 0 Å². The number of aromatic hydroxyl groups is 1. The second-order valence-electron chi connectivity index (χ2n) is 13.0. The number of anilines is 2. The van der Waals surface area contributed by atoms with Crippen LogP contribution < -0.4 is 14.3 Å². The molecule has 2 fully saturated rings. The van der Waals surface area contributed by atoms with E-state index in [-0.39, 0.29) is 52.9 Å². The molecular weight excluding hydrogens is 642 g/mol. The highest BCUT2D eigenvalue weighted by Gasteiger charge is 2.74. The lowest BCUT2D eigenvalue weighted by atomic mass is 9.73. The van der Waals surface area contributed by atoms with Crippen molar-refractivity contribution < 1.29 is 33.6 Å². The van der Waals surface area contributed by atoms with E-state index in [9.17, 15) is 29.0 Å². The molecule has 5 unspecified atom stereocenters. The average molecular weight is 673 g/mol. The Labute approximate surface area is 267 Å². The van der Waals surface area contributed by atoms with Gasteiger partial charge in [0.15, 0.2) is 5.75 Å². The number of alkyl halides is 2. The highest BCUT2D eigenvalue weighted by atomic mass is 35.5. The third kappa shape index (κ3) is 4.01. The van der Waals surface area contributed by atoms with Gasteiger partial charge in [0.2, 0.25) is 11.8 Å². The lowest BCUT2D eigenvalue weighted by molar-refractivity contribution is -0.133. The van der Waals surface area contributed by atoms with E-state index in [2.05, 4.69) is 9.97 Å². The number of hydrogen-bond donors (Lipinski definition) is 5. The van der Waals surface area contributed by atoms with Gasteiger partial charge in [-0.1, -0.05) is 0 Å². The maximum Gasteiger partial charge on any atom is 0.524 e. The molecule has 8 rings (SSSR count). The summed E-state index contributed by atoms with van der Waals surface area (Å²) in [6.07, 6.45) is 4.57. The quantitative estimate of drug-likeness (QED) is 0.133. The average Bonchev–Trinajstić information content (AvgIpc) is 3.49. The first-order valence-electron chi connectivity index (χ1n) is 14.9. The normalized spacial score (nSPS) is 26.6. The van der Waals surface area contributed by atoms with Crippen LogP contribution in [0.2, 0.25) is 0 Å². The van der Waals surface area contributed by atoms with Crippen LogP contribution in [0.3, 0.4) is 0 Å². The van der Waals surface area contributed by atoms with Crippen molar-refractivity contribution in [2.75, 3.05) is 34.6 Å². The topological polar surface area (TPSA) is 159 Å². The zero-order valence-corrected chi connectivity index (χ0v) is 26.8. The number of hydrogen-bond acceptors (Lipinski definition) is 5. The lowest BCUT2D eigenvalue weighted by Gasteiger charge is -2.37. The zero-order chi connectivity index (χ0) is 31.7. The predicted molar refractivity (Wildman–Crippen MR) is 171 cm³/mol. The van der Waals surface area contributed by atoms with Gasteiger partial charge in [-0.15, -0.1) is 23.2 Å². The number of H-pyrrole nitrogens is 2. The predicted octanol–water partition coefficient (Wildman–Crippen LogP) is 5.51. The van der Waals surface area contributed by atoms with E-state index in [1.807, 2.05) is 20.0 Å². The van der Waals surface area contributed by atoms with Crippen molar-refractivity contribution in [2.45, 2.75) is 38.5 Å². The van der Waals surface area contributed by atoms with E-state index in [0.29, 0.717) is 54.2 Å². The van der Waals surface area contributed by atoms with E-state index >= 15 is 0 Å². The van der Waals surface area contributed by atoms with Crippen LogP contribution in [-0.4, -0.2) is 61.5 Å². The zero-order valence-electron chi connectivity index (χ0n) is 24.4. The third-order valence-electron chi connectivity index (χ3n) is 10.5. The summed E-state index contributed by atoms with van der Waals surface area (Å²) >= 11 is 12.8. The number of aromatic nitrogens is 2. The number of carbonyl (C=O) groups excluding carboxylic acids is 2. The van der Waals surface area contributed by atoms with Crippen LogP contribution in [-0.2, 0) is 14.2 Å². The molecule has 2 aliphatic heterocycles. The number of phosphoric acid groups is 1. The lowest BCUT2D eigenvalue weighted by Crippen LogP contribution is -2.49. The molecule has 4 aliphatic rings. The first-order chi connectivity index (χ1) is 21.4. The van der Waals surface area contributed by atoms with Gasteiger partial charge in [-0.3, -0.25) is 19.4 Å². The van der Waals surface area contributed by atoms with Gasteiger partial charge < -0.3 is 29.4 Å². The minimum Gasteiger partial charge on any atom is -0.506 e. The van der Waals surface area contributed by atoms with Gasteiger partial charge in [0, 0.05) is 77.9 Å². The van der Waals surface area contributed by atoms with Crippen LogP contribution in [0.25, 0.3) is 21.8 Å². The molecule has 2 aromatic heterocycles. The highest BCUT2D eigenvalue weighted by molar-refractivity contribution is 7.46. The third-order valence-corrected chi connectivity index (χ3v) is 11.7. The number of amides is 2. The standard InChI is InChI=1S/C31H31Cl2N4O7P/c1-13-9-34-27-21(38)3-19-25(23(13)27)16(8-33)12-37(19)30(40)31-5-17(18(31)6-31)29(39)36-11-15(7-32)26-20(36)4-22(44-45(41,42)43)28-24(26)14(2)10-35-28/h3-4,9-10,15-18,34-35,38H,5-8,11-12H2,1-2H3,(H2,41,42,43). The Kier molecular flexibility index (Phi) is 6.27. The molecule has 11 nitrogen and oxygen atoms in total. The van der Waals surface area contributed by atoms with Gasteiger partial charge in [0.1, 0.15) is 5.75 Å². The molecule has 5 atom stereocenters. The van der Waals surface area contributed by atoms with Crippen molar-refractivity contribution in [1.82, 2.24) is 9.97 Å². The maximum absolute atomic E-state index is 14.2. The number of phenols is 1. The van der Waals surface area contributed by atoms with Crippen LogP contribution >= 0.6 is 31.0 Å². The van der Waals surface area contributed by atoms with Crippen LogP contribution in [0, 0.1) is 31.1 Å². The number of carbonyl (C=O) groups is 2. The number of nitrogens with one attached hydrogen (secondary N) is 2. The van der Waals surface area contributed by atoms with Crippen molar-refractivity contribution in [2.24, 2.45) is 17.3 Å². The van der Waals surface area contributed by atoms with E-state index in [4.69, 9.17) is 27.7 Å². The molecule has 0 bridgehead atoms. The summed E-state index contributed by atoms with van der Waals surface area (Å²) in [7, 11) is -4.88. The molecule has 2 amide bonds. The molecule has 2 aromatic carbocycles. The summed E-state index contributed by atoms with van der Waals surface area (Å²) in [5, 5.41) is 12.4. The van der Waals surface area contributed by atoms with Crippen molar-refractivity contribution in [1.29, 1.82) is 0 Å².